The van der Waals surface area contributed by atoms with Crippen LogP contribution in [0, 0.1) is 0 Å². The van der Waals surface area contributed by atoms with E-state index in [4.69, 9.17) is 4.74 Å². The molecule has 4 nitrogen and oxygen atoms in total. The maximum Gasteiger partial charge on any atom is 0.264 e. The second kappa shape index (κ2) is 16.8. The van der Waals surface area contributed by atoms with Crippen molar-refractivity contribution < 1.29 is 4.74 Å². The second-order valence-corrected chi connectivity index (χ2v) is 32.7. The Labute approximate surface area is 494 Å². The van der Waals surface area contributed by atoms with Crippen LogP contribution in [0.3, 0.4) is 0 Å². The van der Waals surface area contributed by atoms with Gasteiger partial charge in [-0.2, -0.15) is 0 Å². The summed E-state index contributed by atoms with van der Waals surface area (Å²) in [5, 5.41) is 1.38. The number of rotatable bonds is 3. The van der Waals surface area contributed by atoms with Gasteiger partial charge in [-0.3, -0.25) is 0 Å². The summed E-state index contributed by atoms with van der Waals surface area (Å²) in [6, 6.07) is 48.6. The van der Waals surface area contributed by atoms with Crippen molar-refractivity contribution in [3.63, 3.8) is 0 Å². The molecule has 0 unspecified atom stereocenters. The van der Waals surface area contributed by atoms with Crippen LogP contribution in [-0.4, -0.2) is 6.71 Å². The Morgan fingerprint density at radius 3 is 1.24 bits per heavy atom. The largest absolute Gasteiger partial charge is 0.453 e. The summed E-state index contributed by atoms with van der Waals surface area (Å²) in [6.07, 6.45) is 9.33. The van der Waals surface area contributed by atoms with Crippen molar-refractivity contribution in [2.45, 2.75) is 205 Å². The molecule has 8 aromatic rings. The maximum absolute atomic E-state index is 6.82. The van der Waals surface area contributed by atoms with Gasteiger partial charge in [0.15, 0.2) is 11.5 Å². The molecule has 82 heavy (non-hydrogen) atoms. The van der Waals surface area contributed by atoms with Crippen molar-refractivity contribution in [1.82, 2.24) is 0 Å². The molecule has 6 heteroatoms. The van der Waals surface area contributed by atoms with Crippen molar-refractivity contribution in [2.24, 2.45) is 0 Å². The van der Waals surface area contributed by atoms with Crippen molar-refractivity contribution in [3.05, 3.63) is 166 Å². The van der Waals surface area contributed by atoms with E-state index < -0.39 is 0 Å². The Balaban J connectivity index is 1.12. The summed E-state index contributed by atoms with van der Waals surface area (Å²) in [7, 11) is 0. The standard InChI is InChI=1S/C76H84BN3OS/c1-69(2)29-31-71(5,6)51-37-45(25-27-49(51)69)78-60-43-55-54(74(11,12)34-35-75(55,13)14)42-57(60)77-66-61(78)39-47(79-58-21-17-19-23-63(58)81-64-24-20-18-22-59(64)79)40-62(66)80(46-26-28-50-52(38-46)72(7,8)32-30-70(50,3)4)67-48-41-53-56(44-65(48)82-68(67)77)76(15,16)36-33-73(53,9)10/h17-28,37-44H,29-36H2,1-16H3. The van der Waals surface area contributed by atoms with Gasteiger partial charge in [0, 0.05) is 43.3 Å². The molecule has 0 saturated heterocycles. The van der Waals surface area contributed by atoms with Crippen molar-refractivity contribution >= 4 is 95.0 Å². The van der Waals surface area contributed by atoms with Gasteiger partial charge in [0.25, 0.3) is 6.71 Å². The lowest BCUT2D eigenvalue weighted by atomic mass is 9.35. The molecule has 7 aliphatic rings. The normalized spacial score (nSPS) is 21.6. The highest BCUT2D eigenvalue weighted by molar-refractivity contribution is 7.33. The van der Waals surface area contributed by atoms with E-state index in [-0.39, 0.29) is 50.0 Å². The molecule has 0 amide bonds. The SMILES string of the molecule is CC1(C)CCC(C)(C)c2cc(N3c4cc5c(cc4B4c6sc7cc8c(cc7c6N(c6ccc7c(c6)C(C)(C)CCC7(C)C)c6cc(N7c9ccccc9Oc9ccccc97)cc3c64)C(C)(C)CCC8(C)C)C(C)(C)CCC5(C)C)ccc21. The Kier molecular flexibility index (Phi) is 10.7. The topological polar surface area (TPSA) is 19.0 Å². The average Bonchev–Trinajstić information content (AvgIpc) is 1.38. The van der Waals surface area contributed by atoms with Gasteiger partial charge in [-0.1, -0.05) is 153 Å². The van der Waals surface area contributed by atoms with Crippen molar-refractivity contribution in [3.8, 4) is 11.5 Å². The summed E-state index contributed by atoms with van der Waals surface area (Å²) in [5.41, 5.74) is 26.0. The third-order valence-electron chi connectivity index (χ3n) is 22.5. The van der Waals surface area contributed by atoms with E-state index in [1.807, 2.05) is 0 Å². The third-order valence-corrected chi connectivity index (χ3v) is 23.7. The monoisotopic (exact) mass is 1100 g/mol. The third kappa shape index (κ3) is 7.40. The molecular formula is C76H84BN3OS. The lowest BCUT2D eigenvalue weighted by Crippen LogP contribution is -2.61. The fraction of sp³-hybridized carbons (Fsp3) is 0.421. The van der Waals surface area contributed by atoms with Crippen molar-refractivity contribution in [1.29, 1.82) is 0 Å². The van der Waals surface area contributed by atoms with Gasteiger partial charge in [-0.25, -0.2) is 0 Å². The summed E-state index contributed by atoms with van der Waals surface area (Å²) >= 11 is 2.08. The van der Waals surface area contributed by atoms with E-state index in [0.717, 1.165) is 54.2 Å². The number of ether oxygens (including phenoxy) is 1. The van der Waals surface area contributed by atoms with Crippen LogP contribution in [0.25, 0.3) is 10.1 Å². The summed E-state index contributed by atoms with van der Waals surface area (Å²) in [5.74, 6) is 1.72. The highest BCUT2D eigenvalue weighted by Crippen LogP contribution is 2.59. The molecule has 15 rings (SSSR count). The fourth-order valence-electron chi connectivity index (χ4n) is 16.7. The van der Waals surface area contributed by atoms with Crippen molar-refractivity contribution in [2.75, 3.05) is 14.7 Å². The fourth-order valence-corrected chi connectivity index (χ4v) is 18.0. The zero-order chi connectivity index (χ0) is 57.4. The zero-order valence-corrected chi connectivity index (χ0v) is 52.8. The first-order chi connectivity index (χ1) is 38.6. The molecule has 3 aliphatic heterocycles. The molecule has 0 radical (unpaired) electrons. The lowest BCUT2D eigenvalue weighted by molar-refractivity contribution is 0.332. The molecule has 4 aliphatic carbocycles. The smallest absolute Gasteiger partial charge is 0.264 e. The Bertz CT molecular complexity index is 4040. The van der Waals surface area contributed by atoms with E-state index >= 15 is 0 Å². The lowest BCUT2D eigenvalue weighted by Gasteiger charge is -2.48. The van der Waals surface area contributed by atoms with E-state index in [9.17, 15) is 0 Å². The predicted octanol–water partition coefficient (Wildman–Crippen LogP) is 20.0. The summed E-state index contributed by atoms with van der Waals surface area (Å²) in [6.45, 7) is 39.9. The number of nitrogens with zero attached hydrogens (tertiary/aromatic N) is 3. The van der Waals surface area contributed by atoms with Crippen LogP contribution >= 0.6 is 11.3 Å². The van der Waals surface area contributed by atoms with Gasteiger partial charge in [-0.15, -0.1) is 11.3 Å². The van der Waals surface area contributed by atoms with Gasteiger partial charge >= 0.3 is 0 Å². The first kappa shape index (κ1) is 52.6. The summed E-state index contributed by atoms with van der Waals surface area (Å²) < 4.78 is 9.67. The van der Waals surface area contributed by atoms with E-state index in [1.165, 1.54) is 130 Å². The quantitative estimate of drug-likeness (QED) is 0.164. The van der Waals surface area contributed by atoms with Crippen LogP contribution < -0.4 is 35.1 Å². The molecule has 0 spiro atoms. The number of benzene rings is 7. The maximum atomic E-state index is 6.82. The molecule has 0 bridgehead atoms. The van der Waals surface area contributed by atoms with Crippen LogP contribution in [-0.2, 0) is 43.3 Å². The van der Waals surface area contributed by atoms with Crippen LogP contribution in [0.4, 0.5) is 51.2 Å². The molecule has 0 N–H and O–H groups in total. The molecular weight excluding hydrogens is 1010 g/mol. The van der Waals surface area contributed by atoms with E-state index in [0.29, 0.717) is 0 Å². The van der Waals surface area contributed by atoms with Gasteiger partial charge in [-0.05, 0) is 229 Å². The number of hydrogen-bond donors (Lipinski definition) is 0. The Hall–Kier alpha value is -6.24. The average molecular weight is 1100 g/mol. The van der Waals surface area contributed by atoms with Gasteiger partial charge < -0.3 is 19.4 Å². The Morgan fingerprint density at radius 1 is 0.354 bits per heavy atom. The molecule has 0 saturated carbocycles. The highest BCUT2D eigenvalue weighted by Gasteiger charge is 2.50. The minimum atomic E-state index is -0.0246. The number of thiophene rings is 1. The van der Waals surface area contributed by atoms with E-state index in [2.05, 4.69) is 258 Å². The molecule has 0 atom stereocenters. The number of para-hydroxylation sites is 4. The van der Waals surface area contributed by atoms with Gasteiger partial charge in [0.1, 0.15) is 0 Å². The molecule has 7 aromatic carbocycles. The minimum absolute atomic E-state index is 0.00152. The number of fused-ring (bicyclic) bond motifs is 12. The first-order valence-electron chi connectivity index (χ1n) is 31.1. The highest BCUT2D eigenvalue weighted by atomic mass is 32.1. The molecule has 418 valence electrons. The number of anilines is 9. The van der Waals surface area contributed by atoms with Crippen LogP contribution in [0.5, 0.6) is 11.5 Å². The zero-order valence-electron chi connectivity index (χ0n) is 51.9. The van der Waals surface area contributed by atoms with Gasteiger partial charge in [0.2, 0.25) is 0 Å². The Morgan fingerprint density at radius 2 is 0.744 bits per heavy atom. The molecule has 4 heterocycles. The first-order valence-corrected chi connectivity index (χ1v) is 31.9. The van der Waals surface area contributed by atoms with Crippen LogP contribution in [0.1, 0.15) is 207 Å². The van der Waals surface area contributed by atoms with E-state index in [1.54, 1.807) is 0 Å². The summed E-state index contributed by atoms with van der Waals surface area (Å²) in [4.78, 5) is 8.04. The van der Waals surface area contributed by atoms with Gasteiger partial charge in [0.05, 0.1) is 22.7 Å². The van der Waals surface area contributed by atoms with Crippen LogP contribution in [0.2, 0.25) is 0 Å². The molecule has 0 fully saturated rings. The second-order valence-electron chi connectivity index (χ2n) is 31.6. The predicted molar refractivity (Wildman–Crippen MR) is 352 cm³/mol. The van der Waals surface area contributed by atoms with Crippen LogP contribution in [0.15, 0.2) is 121 Å². The number of hydrogen-bond acceptors (Lipinski definition) is 5. The minimum Gasteiger partial charge on any atom is -0.453 e. The molecule has 1 aromatic heterocycles.